The zero-order valence-corrected chi connectivity index (χ0v) is 9.57. The van der Waals surface area contributed by atoms with Crippen molar-refractivity contribution < 1.29 is 9.53 Å². The van der Waals surface area contributed by atoms with Crippen LogP contribution in [0.15, 0.2) is 30.3 Å². The Balaban J connectivity index is 2.25. The lowest BCUT2D eigenvalue weighted by atomic mass is 10.2. The normalized spacial score (nSPS) is 12.1. The number of esters is 1. The Morgan fingerprint density at radius 2 is 2.06 bits per heavy atom. The molecule has 0 unspecified atom stereocenters. The number of carbonyl (C=O) groups is 1. The average molecular weight is 232 g/mol. The molecule has 0 saturated heterocycles. The summed E-state index contributed by atoms with van der Waals surface area (Å²) in [5.74, 6) is 0.0864. The number of ether oxygens (including phenoxy) is 1. The second kappa shape index (κ2) is 4.73. The molecule has 0 saturated carbocycles. The summed E-state index contributed by atoms with van der Waals surface area (Å²) < 4.78 is 4.61. The number of nitrogens with zero attached hydrogens (tertiary/aromatic N) is 4. The predicted octanol–water partition coefficient (Wildman–Crippen LogP) is 1.07. The van der Waals surface area contributed by atoms with E-state index in [4.69, 9.17) is 0 Å². The molecule has 0 N–H and O–H groups in total. The van der Waals surface area contributed by atoms with Crippen molar-refractivity contribution in [2.75, 3.05) is 7.11 Å². The quantitative estimate of drug-likeness (QED) is 0.740. The molecule has 6 heteroatoms. The molecule has 0 fully saturated rings. The monoisotopic (exact) mass is 232 g/mol. The van der Waals surface area contributed by atoms with Gasteiger partial charge in [0, 0.05) is 5.56 Å². The molecule has 17 heavy (non-hydrogen) atoms. The fraction of sp³-hybridized carbons (Fsp3) is 0.273. The molecule has 0 aliphatic heterocycles. The number of benzene rings is 1. The minimum atomic E-state index is -0.579. The van der Waals surface area contributed by atoms with Crippen LogP contribution in [0, 0.1) is 0 Å². The standard InChI is InChI=1S/C11H12N4O2/c1-8(11(16)17-2)15-13-10(12-14-15)9-6-4-3-5-7-9/h3-8H,1-2H3/t8-/m0/s1. The van der Waals surface area contributed by atoms with Gasteiger partial charge in [-0.25, -0.2) is 4.79 Å². The summed E-state index contributed by atoms with van der Waals surface area (Å²) in [6.45, 7) is 1.66. The lowest BCUT2D eigenvalue weighted by molar-refractivity contribution is -0.144. The maximum absolute atomic E-state index is 11.3. The van der Waals surface area contributed by atoms with Crippen LogP contribution in [-0.4, -0.2) is 33.3 Å². The van der Waals surface area contributed by atoms with E-state index in [-0.39, 0.29) is 0 Å². The van der Waals surface area contributed by atoms with Crippen LogP contribution >= 0.6 is 0 Å². The molecule has 0 aliphatic rings. The third-order valence-electron chi connectivity index (χ3n) is 2.35. The van der Waals surface area contributed by atoms with E-state index in [1.807, 2.05) is 30.3 Å². The van der Waals surface area contributed by atoms with Gasteiger partial charge in [-0.1, -0.05) is 30.3 Å². The molecule has 0 amide bonds. The number of aromatic nitrogens is 4. The van der Waals surface area contributed by atoms with Gasteiger partial charge in [-0.05, 0) is 12.1 Å². The highest BCUT2D eigenvalue weighted by atomic mass is 16.5. The van der Waals surface area contributed by atoms with Gasteiger partial charge in [0.25, 0.3) is 0 Å². The molecule has 2 rings (SSSR count). The van der Waals surface area contributed by atoms with Crippen molar-refractivity contribution in [1.82, 2.24) is 20.2 Å². The van der Waals surface area contributed by atoms with Crippen LogP contribution in [0.5, 0.6) is 0 Å². The zero-order valence-electron chi connectivity index (χ0n) is 9.57. The molecule has 1 aromatic heterocycles. The molecule has 88 valence electrons. The molecule has 0 radical (unpaired) electrons. The van der Waals surface area contributed by atoms with Crippen LogP contribution in [0.3, 0.4) is 0 Å². The number of hydrogen-bond acceptors (Lipinski definition) is 5. The van der Waals surface area contributed by atoms with E-state index in [1.165, 1.54) is 11.9 Å². The minimum Gasteiger partial charge on any atom is -0.467 e. The van der Waals surface area contributed by atoms with Crippen LogP contribution in [-0.2, 0) is 9.53 Å². The van der Waals surface area contributed by atoms with E-state index < -0.39 is 12.0 Å². The topological polar surface area (TPSA) is 69.9 Å². The van der Waals surface area contributed by atoms with Crippen molar-refractivity contribution in [2.45, 2.75) is 13.0 Å². The van der Waals surface area contributed by atoms with Crippen LogP contribution in [0.25, 0.3) is 11.4 Å². The lowest BCUT2D eigenvalue weighted by Gasteiger charge is -2.05. The number of tetrazole rings is 1. The second-order valence-corrected chi connectivity index (χ2v) is 3.50. The molecule has 2 aromatic rings. The zero-order chi connectivity index (χ0) is 12.3. The van der Waals surface area contributed by atoms with E-state index in [9.17, 15) is 4.79 Å². The molecule has 0 aliphatic carbocycles. The van der Waals surface area contributed by atoms with Crippen molar-refractivity contribution in [1.29, 1.82) is 0 Å². The summed E-state index contributed by atoms with van der Waals surface area (Å²) >= 11 is 0. The number of hydrogen-bond donors (Lipinski definition) is 0. The molecule has 6 nitrogen and oxygen atoms in total. The van der Waals surface area contributed by atoms with Gasteiger partial charge in [0.15, 0.2) is 6.04 Å². The maximum Gasteiger partial charge on any atom is 0.332 e. The average Bonchev–Trinajstić information content (AvgIpc) is 2.87. The summed E-state index contributed by atoms with van der Waals surface area (Å²) in [6, 6.07) is 8.86. The molecule has 0 bridgehead atoms. The van der Waals surface area contributed by atoms with E-state index in [0.717, 1.165) is 5.56 Å². The van der Waals surface area contributed by atoms with Gasteiger partial charge in [0.1, 0.15) is 0 Å². The van der Waals surface area contributed by atoms with Crippen molar-refractivity contribution in [3.63, 3.8) is 0 Å². The van der Waals surface area contributed by atoms with Gasteiger partial charge in [-0.2, -0.15) is 0 Å². The first-order valence-electron chi connectivity index (χ1n) is 5.15. The SMILES string of the molecule is COC(=O)[C@H](C)n1nnc(-c2ccccc2)n1. The molecule has 1 aromatic carbocycles. The van der Waals surface area contributed by atoms with Crippen molar-refractivity contribution >= 4 is 5.97 Å². The summed E-state index contributed by atoms with van der Waals surface area (Å²) in [7, 11) is 1.33. The Morgan fingerprint density at radius 1 is 1.35 bits per heavy atom. The van der Waals surface area contributed by atoms with Crippen LogP contribution < -0.4 is 0 Å². The molecule has 1 atom stereocenters. The first kappa shape index (κ1) is 11.3. The van der Waals surface area contributed by atoms with Gasteiger partial charge in [0.2, 0.25) is 5.82 Å². The van der Waals surface area contributed by atoms with Gasteiger partial charge in [0.05, 0.1) is 7.11 Å². The van der Waals surface area contributed by atoms with Gasteiger partial charge in [-0.3, -0.25) is 0 Å². The fourth-order valence-electron chi connectivity index (χ4n) is 1.36. The summed E-state index contributed by atoms with van der Waals surface area (Å²) in [6.07, 6.45) is 0. The Labute approximate surface area is 98.2 Å². The van der Waals surface area contributed by atoms with Gasteiger partial charge in [-0.15, -0.1) is 15.0 Å². The molecular weight excluding hydrogens is 220 g/mol. The predicted molar refractivity (Wildman–Crippen MR) is 60.0 cm³/mol. The fourth-order valence-corrected chi connectivity index (χ4v) is 1.36. The van der Waals surface area contributed by atoms with Crippen molar-refractivity contribution in [2.24, 2.45) is 0 Å². The van der Waals surface area contributed by atoms with Crippen LogP contribution in [0.1, 0.15) is 13.0 Å². The third kappa shape index (κ3) is 2.30. The van der Waals surface area contributed by atoms with E-state index in [2.05, 4.69) is 20.1 Å². The Hall–Kier alpha value is -2.24. The first-order valence-corrected chi connectivity index (χ1v) is 5.15. The minimum absolute atomic E-state index is 0.401. The van der Waals surface area contributed by atoms with Gasteiger partial charge < -0.3 is 4.74 Å². The highest BCUT2D eigenvalue weighted by molar-refractivity contribution is 5.73. The third-order valence-corrected chi connectivity index (χ3v) is 2.35. The molecule has 1 heterocycles. The Kier molecular flexibility index (Phi) is 3.13. The highest BCUT2D eigenvalue weighted by Gasteiger charge is 2.18. The van der Waals surface area contributed by atoms with E-state index in [0.29, 0.717) is 5.82 Å². The van der Waals surface area contributed by atoms with Crippen molar-refractivity contribution in [3.05, 3.63) is 30.3 Å². The van der Waals surface area contributed by atoms with Crippen LogP contribution in [0.4, 0.5) is 0 Å². The second-order valence-electron chi connectivity index (χ2n) is 3.50. The van der Waals surface area contributed by atoms with Gasteiger partial charge >= 0.3 is 5.97 Å². The lowest BCUT2D eigenvalue weighted by Crippen LogP contribution is -2.20. The van der Waals surface area contributed by atoms with Crippen molar-refractivity contribution in [3.8, 4) is 11.4 Å². The highest BCUT2D eigenvalue weighted by Crippen LogP contribution is 2.13. The summed E-state index contributed by atoms with van der Waals surface area (Å²) in [5, 5.41) is 11.9. The Morgan fingerprint density at radius 3 is 2.71 bits per heavy atom. The molecule has 0 spiro atoms. The largest absolute Gasteiger partial charge is 0.467 e. The summed E-state index contributed by atoms with van der Waals surface area (Å²) in [4.78, 5) is 12.6. The number of carbonyl (C=O) groups excluding carboxylic acids is 1. The Bertz CT molecular complexity index is 509. The van der Waals surface area contributed by atoms with E-state index >= 15 is 0 Å². The van der Waals surface area contributed by atoms with Crippen LogP contribution in [0.2, 0.25) is 0 Å². The van der Waals surface area contributed by atoms with E-state index in [1.54, 1.807) is 6.92 Å². The smallest absolute Gasteiger partial charge is 0.332 e. The maximum atomic E-state index is 11.3. The molecular formula is C11H12N4O2. The number of rotatable bonds is 3. The first-order chi connectivity index (χ1) is 8.22. The number of methoxy groups -OCH3 is 1. The summed E-state index contributed by atoms with van der Waals surface area (Å²) in [5.41, 5.74) is 0.857.